The predicted molar refractivity (Wildman–Crippen MR) is 104 cm³/mol. The molecule has 2 rings (SSSR count). The van der Waals surface area contributed by atoms with Crippen molar-refractivity contribution < 1.29 is 19.1 Å². The van der Waals surface area contributed by atoms with Crippen molar-refractivity contribution in [3.05, 3.63) is 71.8 Å². The predicted octanol–water partition coefficient (Wildman–Crippen LogP) is 3.02. The summed E-state index contributed by atoms with van der Waals surface area (Å²) >= 11 is 0. The highest BCUT2D eigenvalue weighted by Crippen LogP contribution is 2.11. The molecule has 0 aliphatic rings. The number of anilines is 1. The topological polar surface area (TPSA) is 84.5 Å². The van der Waals surface area contributed by atoms with Gasteiger partial charge in [0.05, 0.1) is 6.61 Å². The minimum absolute atomic E-state index is 0.170. The van der Waals surface area contributed by atoms with Crippen molar-refractivity contribution in [1.29, 1.82) is 0 Å². The van der Waals surface area contributed by atoms with Crippen LogP contribution in [0, 0.1) is 0 Å². The lowest BCUT2D eigenvalue weighted by molar-refractivity contribution is -0.137. The van der Waals surface area contributed by atoms with Gasteiger partial charge in [-0.1, -0.05) is 30.3 Å². The Hall–Kier alpha value is -3.41. The fourth-order valence-electron chi connectivity index (χ4n) is 2.24. The molecule has 0 fully saturated rings. The third-order valence-corrected chi connectivity index (χ3v) is 3.57. The minimum Gasteiger partial charge on any atom is -0.463 e. The van der Waals surface area contributed by atoms with Gasteiger partial charge < -0.3 is 15.4 Å². The summed E-state index contributed by atoms with van der Waals surface area (Å²) in [4.78, 5) is 35.1. The van der Waals surface area contributed by atoms with Gasteiger partial charge in [0.2, 0.25) is 5.91 Å². The fraction of sp³-hybridized carbons (Fsp3) is 0.190. The van der Waals surface area contributed by atoms with Crippen LogP contribution in [0.5, 0.6) is 0 Å². The van der Waals surface area contributed by atoms with Crippen LogP contribution in [0.2, 0.25) is 0 Å². The molecular formula is C21H22N2O4. The van der Waals surface area contributed by atoms with E-state index in [0.717, 1.165) is 5.56 Å². The first-order chi connectivity index (χ1) is 13.1. The van der Waals surface area contributed by atoms with Gasteiger partial charge in [0.25, 0.3) is 5.91 Å². The van der Waals surface area contributed by atoms with E-state index in [2.05, 4.69) is 10.6 Å². The first-order valence-electron chi connectivity index (χ1n) is 8.66. The Morgan fingerprint density at radius 3 is 2.37 bits per heavy atom. The number of ether oxygens (including phenoxy) is 1. The third kappa shape index (κ3) is 7.15. The van der Waals surface area contributed by atoms with Gasteiger partial charge in [-0.2, -0.15) is 0 Å². The Morgan fingerprint density at radius 1 is 1.00 bits per heavy atom. The van der Waals surface area contributed by atoms with E-state index in [9.17, 15) is 14.4 Å². The molecule has 27 heavy (non-hydrogen) atoms. The maximum absolute atomic E-state index is 12.0. The van der Waals surface area contributed by atoms with Crippen molar-refractivity contribution in [2.24, 2.45) is 0 Å². The van der Waals surface area contributed by atoms with Crippen molar-refractivity contribution >= 4 is 29.5 Å². The molecule has 2 aromatic rings. The van der Waals surface area contributed by atoms with Crippen LogP contribution in [0.25, 0.3) is 6.08 Å². The van der Waals surface area contributed by atoms with Gasteiger partial charge in [0.15, 0.2) is 0 Å². The van der Waals surface area contributed by atoms with E-state index in [4.69, 9.17) is 4.74 Å². The van der Waals surface area contributed by atoms with Crippen molar-refractivity contribution in [2.75, 3.05) is 18.5 Å². The summed E-state index contributed by atoms with van der Waals surface area (Å²) in [6, 6.07) is 15.9. The molecule has 2 aromatic carbocycles. The van der Waals surface area contributed by atoms with Crippen LogP contribution in [0.1, 0.15) is 29.3 Å². The summed E-state index contributed by atoms with van der Waals surface area (Å²) in [5.74, 6) is -0.799. The highest BCUT2D eigenvalue weighted by Gasteiger charge is 2.06. The highest BCUT2D eigenvalue weighted by molar-refractivity contribution is 5.95. The van der Waals surface area contributed by atoms with Gasteiger partial charge in [-0.3, -0.25) is 9.59 Å². The Morgan fingerprint density at radius 2 is 1.70 bits per heavy atom. The maximum atomic E-state index is 12.0. The number of benzene rings is 2. The third-order valence-electron chi connectivity index (χ3n) is 3.57. The highest BCUT2D eigenvalue weighted by atomic mass is 16.5. The molecule has 0 saturated carbocycles. The molecule has 6 heteroatoms. The Labute approximate surface area is 158 Å². The molecule has 0 atom stereocenters. The summed E-state index contributed by atoms with van der Waals surface area (Å²) in [7, 11) is 0. The van der Waals surface area contributed by atoms with Crippen molar-refractivity contribution in [3.8, 4) is 0 Å². The summed E-state index contributed by atoms with van der Waals surface area (Å²) < 4.78 is 4.81. The van der Waals surface area contributed by atoms with Crippen LogP contribution in [-0.4, -0.2) is 30.9 Å². The van der Waals surface area contributed by atoms with Gasteiger partial charge in [0, 0.05) is 30.3 Å². The van der Waals surface area contributed by atoms with Gasteiger partial charge in [-0.25, -0.2) is 4.79 Å². The Kier molecular flexibility index (Phi) is 7.78. The molecule has 0 saturated heterocycles. The van der Waals surface area contributed by atoms with E-state index in [-0.39, 0.29) is 24.8 Å². The van der Waals surface area contributed by atoms with E-state index in [0.29, 0.717) is 17.9 Å². The van der Waals surface area contributed by atoms with Gasteiger partial charge >= 0.3 is 5.97 Å². The van der Waals surface area contributed by atoms with Crippen molar-refractivity contribution in [2.45, 2.75) is 13.3 Å². The number of rotatable bonds is 8. The SMILES string of the molecule is CCOC(=O)C=Cc1ccc(NC(=O)CCNC(=O)c2ccccc2)cc1. The number of hydrogen-bond donors (Lipinski definition) is 2. The van der Waals surface area contributed by atoms with E-state index < -0.39 is 5.97 Å². The zero-order valence-electron chi connectivity index (χ0n) is 15.1. The first-order valence-corrected chi connectivity index (χ1v) is 8.66. The minimum atomic E-state index is -0.396. The second-order valence-electron chi connectivity index (χ2n) is 5.63. The van der Waals surface area contributed by atoms with Crippen LogP contribution in [0.4, 0.5) is 5.69 Å². The first kappa shape index (κ1) is 19.9. The maximum Gasteiger partial charge on any atom is 0.330 e. The standard InChI is InChI=1S/C21H22N2O4/c1-2-27-20(25)13-10-16-8-11-18(12-9-16)23-19(24)14-15-22-21(26)17-6-4-3-5-7-17/h3-13H,2,14-15H2,1H3,(H,22,26)(H,23,24). The van der Waals surface area contributed by atoms with Crippen LogP contribution in [0.3, 0.4) is 0 Å². The van der Waals surface area contributed by atoms with Crippen LogP contribution >= 0.6 is 0 Å². The summed E-state index contributed by atoms with van der Waals surface area (Å²) in [6.07, 6.45) is 3.16. The van der Waals surface area contributed by atoms with Gasteiger partial charge in [-0.05, 0) is 42.8 Å². The monoisotopic (exact) mass is 366 g/mol. The molecule has 0 unspecified atom stereocenters. The molecular weight excluding hydrogens is 344 g/mol. The zero-order valence-corrected chi connectivity index (χ0v) is 15.1. The van der Waals surface area contributed by atoms with E-state index in [1.54, 1.807) is 61.5 Å². The molecule has 0 heterocycles. The second-order valence-corrected chi connectivity index (χ2v) is 5.63. The molecule has 140 valence electrons. The normalized spacial score (nSPS) is 10.4. The molecule has 0 aliphatic carbocycles. The fourth-order valence-corrected chi connectivity index (χ4v) is 2.24. The number of hydrogen-bond acceptors (Lipinski definition) is 4. The summed E-state index contributed by atoms with van der Waals surface area (Å²) in [6.45, 7) is 2.33. The van der Waals surface area contributed by atoms with Crippen LogP contribution < -0.4 is 10.6 Å². The number of carbonyl (C=O) groups excluding carboxylic acids is 3. The zero-order chi connectivity index (χ0) is 19.5. The molecule has 0 bridgehead atoms. The lowest BCUT2D eigenvalue weighted by Crippen LogP contribution is -2.27. The van der Waals surface area contributed by atoms with E-state index in [1.165, 1.54) is 6.08 Å². The number of esters is 1. The lowest BCUT2D eigenvalue weighted by atomic mass is 10.2. The van der Waals surface area contributed by atoms with Crippen molar-refractivity contribution in [3.63, 3.8) is 0 Å². The molecule has 0 radical (unpaired) electrons. The second kappa shape index (κ2) is 10.6. The number of amides is 2. The Bertz CT molecular complexity index is 799. The molecule has 0 aliphatic heterocycles. The molecule has 0 spiro atoms. The quantitative estimate of drug-likeness (QED) is 0.556. The van der Waals surface area contributed by atoms with Gasteiger partial charge in [0.1, 0.15) is 0 Å². The smallest absolute Gasteiger partial charge is 0.330 e. The van der Waals surface area contributed by atoms with Crippen LogP contribution in [0.15, 0.2) is 60.7 Å². The Balaban J connectivity index is 1.75. The van der Waals surface area contributed by atoms with E-state index in [1.807, 2.05) is 6.07 Å². The average Bonchev–Trinajstić information content (AvgIpc) is 2.68. The number of carbonyl (C=O) groups is 3. The largest absolute Gasteiger partial charge is 0.463 e. The number of nitrogens with one attached hydrogen (secondary N) is 2. The summed E-state index contributed by atoms with van der Waals surface area (Å²) in [5, 5.41) is 5.47. The lowest BCUT2D eigenvalue weighted by Gasteiger charge is -2.07. The van der Waals surface area contributed by atoms with Gasteiger partial charge in [-0.15, -0.1) is 0 Å². The average molecular weight is 366 g/mol. The van der Waals surface area contributed by atoms with E-state index >= 15 is 0 Å². The van der Waals surface area contributed by atoms with Crippen LogP contribution in [-0.2, 0) is 14.3 Å². The molecule has 0 aromatic heterocycles. The van der Waals surface area contributed by atoms with Crippen molar-refractivity contribution in [1.82, 2.24) is 5.32 Å². The summed E-state index contributed by atoms with van der Waals surface area (Å²) in [5.41, 5.74) is 2.02. The molecule has 2 N–H and O–H groups in total. The molecule has 2 amide bonds. The molecule has 6 nitrogen and oxygen atoms in total.